The van der Waals surface area contributed by atoms with Crippen LogP contribution in [0.5, 0.6) is 0 Å². The number of thioether (sulfide) groups is 2. The Morgan fingerprint density at radius 1 is 1.44 bits per heavy atom. The molecule has 1 fully saturated rings. The first-order valence-corrected chi connectivity index (χ1v) is 8.44. The van der Waals surface area contributed by atoms with Gasteiger partial charge in [-0.3, -0.25) is 4.99 Å². The van der Waals surface area contributed by atoms with Gasteiger partial charge in [-0.25, -0.2) is 0 Å². The molecule has 2 rings (SSSR count). The molecule has 0 aromatic carbocycles. The van der Waals surface area contributed by atoms with Gasteiger partial charge in [0.15, 0.2) is 5.17 Å². The quantitative estimate of drug-likeness (QED) is 0.838. The van der Waals surface area contributed by atoms with Crippen LogP contribution in [0.25, 0.3) is 0 Å². The van der Waals surface area contributed by atoms with Crippen LogP contribution >= 0.6 is 23.5 Å². The minimum Gasteiger partial charge on any atom is -0.362 e. The van der Waals surface area contributed by atoms with Crippen molar-refractivity contribution in [2.45, 2.75) is 56.9 Å². The molecule has 2 nitrogen and oxygen atoms in total. The Morgan fingerprint density at radius 3 is 3.00 bits per heavy atom. The molecule has 0 bridgehead atoms. The van der Waals surface area contributed by atoms with Crippen molar-refractivity contribution in [1.29, 1.82) is 0 Å². The maximum absolute atomic E-state index is 4.70. The van der Waals surface area contributed by atoms with Crippen molar-refractivity contribution in [1.82, 2.24) is 5.32 Å². The lowest BCUT2D eigenvalue weighted by Gasteiger charge is -2.13. The SMILES string of the molecule is CCSC1CCC(NC2=NC(CC)CS2)C1. The highest BCUT2D eigenvalue weighted by atomic mass is 32.2. The predicted octanol–water partition coefficient (Wildman–Crippen LogP) is 3.13. The van der Waals surface area contributed by atoms with Gasteiger partial charge in [-0.1, -0.05) is 25.6 Å². The first-order chi connectivity index (χ1) is 7.81. The molecule has 1 saturated carbocycles. The Kier molecular flexibility index (Phi) is 4.89. The number of hydrogen-bond acceptors (Lipinski definition) is 4. The monoisotopic (exact) mass is 258 g/mol. The molecule has 0 spiro atoms. The van der Waals surface area contributed by atoms with E-state index in [0.717, 1.165) is 5.25 Å². The van der Waals surface area contributed by atoms with Crippen molar-refractivity contribution in [3.05, 3.63) is 0 Å². The number of nitrogens with one attached hydrogen (secondary N) is 1. The fraction of sp³-hybridized carbons (Fsp3) is 0.917. The highest BCUT2D eigenvalue weighted by Gasteiger charge is 2.26. The third-order valence-electron chi connectivity index (χ3n) is 3.30. The Bertz CT molecular complexity index is 255. The van der Waals surface area contributed by atoms with Crippen molar-refractivity contribution < 1.29 is 0 Å². The van der Waals surface area contributed by atoms with E-state index in [4.69, 9.17) is 4.99 Å². The zero-order valence-corrected chi connectivity index (χ0v) is 11.9. The summed E-state index contributed by atoms with van der Waals surface area (Å²) in [6.45, 7) is 4.48. The second kappa shape index (κ2) is 6.20. The van der Waals surface area contributed by atoms with E-state index in [1.165, 1.54) is 42.4 Å². The molecule has 0 saturated heterocycles. The standard InChI is InChI=1S/C12H22N2S2/c1-3-9-8-16-12(13-9)14-10-5-6-11(7-10)15-4-2/h9-11H,3-8H2,1-2H3,(H,13,14). The van der Waals surface area contributed by atoms with Gasteiger partial charge in [-0.05, 0) is 31.4 Å². The minimum absolute atomic E-state index is 0.565. The summed E-state index contributed by atoms with van der Waals surface area (Å²) in [5.74, 6) is 2.43. The molecule has 2 aliphatic rings. The molecule has 1 N–H and O–H groups in total. The van der Waals surface area contributed by atoms with E-state index in [0.29, 0.717) is 12.1 Å². The molecule has 1 heterocycles. The van der Waals surface area contributed by atoms with Crippen LogP contribution in [0.4, 0.5) is 0 Å². The Balaban J connectivity index is 1.75. The maximum atomic E-state index is 4.70. The molecule has 1 aliphatic carbocycles. The number of amidine groups is 1. The first kappa shape index (κ1) is 12.6. The summed E-state index contributed by atoms with van der Waals surface area (Å²) < 4.78 is 0. The van der Waals surface area contributed by atoms with E-state index in [2.05, 4.69) is 30.9 Å². The van der Waals surface area contributed by atoms with Crippen molar-refractivity contribution in [3.8, 4) is 0 Å². The zero-order valence-electron chi connectivity index (χ0n) is 10.2. The molecule has 0 aromatic heterocycles. The molecular weight excluding hydrogens is 236 g/mol. The number of nitrogens with zero attached hydrogens (tertiary/aromatic N) is 1. The predicted molar refractivity (Wildman–Crippen MR) is 76.7 cm³/mol. The van der Waals surface area contributed by atoms with Crippen LogP contribution < -0.4 is 5.32 Å². The van der Waals surface area contributed by atoms with Gasteiger partial charge in [-0.15, -0.1) is 0 Å². The van der Waals surface area contributed by atoms with Crippen molar-refractivity contribution in [2.75, 3.05) is 11.5 Å². The maximum Gasteiger partial charge on any atom is 0.157 e. The third-order valence-corrected chi connectivity index (χ3v) is 5.58. The van der Waals surface area contributed by atoms with Gasteiger partial charge in [0.2, 0.25) is 0 Å². The van der Waals surface area contributed by atoms with Crippen LogP contribution in [-0.2, 0) is 0 Å². The topological polar surface area (TPSA) is 24.4 Å². The van der Waals surface area contributed by atoms with E-state index in [1.807, 2.05) is 11.8 Å². The number of hydrogen-bond donors (Lipinski definition) is 1. The average molecular weight is 258 g/mol. The summed E-state index contributed by atoms with van der Waals surface area (Å²) in [6, 6.07) is 1.25. The van der Waals surface area contributed by atoms with Gasteiger partial charge in [0.1, 0.15) is 0 Å². The van der Waals surface area contributed by atoms with Crippen molar-refractivity contribution in [2.24, 2.45) is 4.99 Å². The second-order valence-electron chi connectivity index (χ2n) is 4.54. The third kappa shape index (κ3) is 3.33. The van der Waals surface area contributed by atoms with Gasteiger partial charge in [-0.2, -0.15) is 11.8 Å². The largest absolute Gasteiger partial charge is 0.362 e. The Hall–Kier alpha value is 0.170. The molecule has 16 heavy (non-hydrogen) atoms. The summed E-state index contributed by atoms with van der Waals surface area (Å²) in [4.78, 5) is 4.70. The summed E-state index contributed by atoms with van der Waals surface area (Å²) in [5.41, 5.74) is 0. The molecule has 0 radical (unpaired) electrons. The molecule has 92 valence electrons. The van der Waals surface area contributed by atoms with Crippen LogP contribution in [0, 0.1) is 0 Å². The van der Waals surface area contributed by atoms with E-state index >= 15 is 0 Å². The highest BCUT2D eigenvalue weighted by Crippen LogP contribution is 2.30. The molecule has 3 atom stereocenters. The molecule has 0 aromatic rings. The van der Waals surface area contributed by atoms with Crippen LogP contribution in [0.3, 0.4) is 0 Å². The first-order valence-electron chi connectivity index (χ1n) is 6.40. The second-order valence-corrected chi connectivity index (χ2v) is 7.13. The Morgan fingerprint density at radius 2 is 2.31 bits per heavy atom. The number of aliphatic imine (C=N–C) groups is 1. The van der Waals surface area contributed by atoms with E-state index < -0.39 is 0 Å². The molecule has 4 heteroatoms. The fourth-order valence-corrected chi connectivity index (χ4v) is 4.61. The van der Waals surface area contributed by atoms with E-state index in [1.54, 1.807) is 0 Å². The average Bonchev–Trinajstić information content (AvgIpc) is 2.89. The summed E-state index contributed by atoms with van der Waals surface area (Å²) in [6.07, 6.45) is 5.21. The molecular formula is C12H22N2S2. The van der Waals surface area contributed by atoms with Crippen LogP contribution in [0.1, 0.15) is 39.5 Å². The van der Waals surface area contributed by atoms with Gasteiger partial charge in [0.25, 0.3) is 0 Å². The fourth-order valence-electron chi connectivity index (χ4n) is 2.34. The van der Waals surface area contributed by atoms with E-state index in [-0.39, 0.29) is 0 Å². The van der Waals surface area contributed by atoms with Gasteiger partial charge in [0, 0.05) is 17.0 Å². The van der Waals surface area contributed by atoms with Crippen LogP contribution in [0.2, 0.25) is 0 Å². The van der Waals surface area contributed by atoms with Crippen LogP contribution in [-0.4, -0.2) is 34.0 Å². The Labute approximate surface area is 107 Å². The highest BCUT2D eigenvalue weighted by molar-refractivity contribution is 8.14. The molecule has 3 unspecified atom stereocenters. The van der Waals surface area contributed by atoms with E-state index in [9.17, 15) is 0 Å². The van der Waals surface area contributed by atoms with Gasteiger partial charge < -0.3 is 5.32 Å². The summed E-state index contributed by atoms with van der Waals surface area (Å²) in [5, 5.41) is 5.72. The molecule has 1 aliphatic heterocycles. The van der Waals surface area contributed by atoms with Crippen LogP contribution in [0.15, 0.2) is 4.99 Å². The summed E-state index contributed by atoms with van der Waals surface area (Å²) >= 11 is 4.03. The van der Waals surface area contributed by atoms with Crippen molar-refractivity contribution >= 4 is 28.7 Å². The lowest BCUT2D eigenvalue weighted by atomic mass is 10.2. The number of rotatable bonds is 4. The normalized spacial score (nSPS) is 34.1. The molecule has 0 amide bonds. The van der Waals surface area contributed by atoms with Gasteiger partial charge >= 0.3 is 0 Å². The smallest absolute Gasteiger partial charge is 0.157 e. The zero-order chi connectivity index (χ0) is 11.4. The van der Waals surface area contributed by atoms with Gasteiger partial charge in [0.05, 0.1) is 6.04 Å². The lowest BCUT2D eigenvalue weighted by molar-refractivity contribution is 0.632. The van der Waals surface area contributed by atoms with Crippen molar-refractivity contribution in [3.63, 3.8) is 0 Å². The summed E-state index contributed by atoms with van der Waals surface area (Å²) in [7, 11) is 0. The lowest BCUT2D eigenvalue weighted by Crippen LogP contribution is -2.30. The minimum atomic E-state index is 0.565.